The molecule has 5 heteroatoms. The maximum absolute atomic E-state index is 12.5. The molecule has 0 saturated heterocycles. The molecule has 0 radical (unpaired) electrons. The van der Waals surface area contributed by atoms with E-state index in [-0.39, 0.29) is 11.9 Å². The predicted octanol–water partition coefficient (Wildman–Crippen LogP) is 5.20. The molecule has 3 N–H and O–H groups in total. The summed E-state index contributed by atoms with van der Waals surface area (Å²) >= 11 is 0. The van der Waals surface area contributed by atoms with Crippen LogP contribution in [0.5, 0.6) is 0 Å². The molecule has 0 spiro atoms. The molecule has 3 aromatic carbocycles. The maximum Gasteiger partial charge on any atom is 0.323 e. The second-order valence-electron chi connectivity index (χ2n) is 6.22. The number of benzene rings is 3. The number of carbonyl (C=O) groups is 2. The molecule has 0 unspecified atom stereocenters. The lowest BCUT2D eigenvalue weighted by Gasteiger charge is -2.11. The first kappa shape index (κ1) is 18.2. The third-order valence-corrected chi connectivity index (χ3v) is 4.28. The molecule has 0 aliphatic rings. The Balaban J connectivity index is 1.61. The lowest BCUT2D eigenvalue weighted by molar-refractivity contribution is 0.102. The molecule has 5 nitrogen and oxygen atoms in total. The topological polar surface area (TPSA) is 70.2 Å². The summed E-state index contributed by atoms with van der Waals surface area (Å²) in [5.74, 6) is -0.154. The Kier molecular flexibility index (Phi) is 5.52. The molecule has 0 bridgehead atoms. The maximum atomic E-state index is 12.5. The van der Waals surface area contributed by atoms with Crippen LogP contribution in [0.25, 0.3) is 0 Å². The van der Waals surface area contributed by atoms with Gasteiger partial charge in [0.15, 0.2) is 0 Å². The highest BCUT2D eigenvalue weighted by atomic mass is 16.2. The van der Waals surface area contributed by atoms with E-state index in [1.807, 2.05) is 62.4 Å². The Bertz CT molecular complexity index is 951. The minimum Gasteiger partial charge on any atom is -0.322 e. The van der Waals surface area contributed by atoms with Crippen LogP contribution in [0, 0.1) is 13.8 Å². The minimum atomic E-state index is -0.326. The Hall–Kier alpha value is -3.60. The van der Waals surface area contributed by atoms with Crippen molar-refractivity contribution in [1.82, 2.24) is 0 Å². The number of aryl methyl sites for hydroxylation is 1. The highest BCUT2D eigenvalue weighted by Gasteiger charge is 2.10. The van der Waals surface area contributed by atoms with Crippen LogP contribution in [0.4, 0.5) is 21.9 Å². The van der Waals surface area contributed by atoms with Crippen molar-refractivity contribution < 1.29 is 9.59 Å². The Morgan fingerprint density at radius 2 is 1.19 bits per heavy atom. The third kappa shape index (κ3) is 4.73. The van der Waals surface area contributed by atoms with Gasteiger partial charge >= 0.3 is 6.03 Å². The van der Waals surface area contributed by atoms with Crippen molar-refractivity contribution in [3.63, 3.8) is 0 Å². The van der Waals surface area contributed by atoms with E-state index >= 15 is 0 Å². The van der Waals surface area contributed by atoms with E-state index in [4.69, 9.17) is 0 Å². The molecule has 0 fully saturated rings. The minimum absolute atomic E-state index is 0.154. The number of anilines is 3. The second kappa shape index (κ2) is 8.19. The van der Waals surface area contributed by atoms with E-state index < -0.39 is 0 Å². The molecule has 0 atom stereocenters. The van der Waals surface area contributed by atoms with Crippen molar-refractivity contribution in [2.45, 2.75) is 13.8 Å². The van der Waals surface area contributed by atoms with Crippen LogP contribution in [-0.4, -0.2) is 11.9 Å². The summed E-state index contributed by atoms with van der Waals surface area (Å²) in [5, 5.41) is 8.39. The lowest BCUT2D eigenvalue weighted by atomic mass is 10.0. The number of amides is 3. The summed E-state index contributed by atoms with van der Waals surface area (Å²) in [6.45, 7) is 3.91. The average molecular weight is 359 g/mol. The molecule has 136 valence electrons. The highest BCUT2D eigenvalue weighted by Crippen LogP contribution is 2.18. The van der Waals surface area contributed by atoms with Crippen molar-refractivity contribution in [3.05, 3.63) is 89.5 Å². The van der Waals surface area contributed by atoms with Crippen molar-refractivity contribution in [3.8, 4) is 0 Å². The lowest BCUT2D eigenvalue weighted by Crippen LogP contribution is -2.19. The zero-order chi connectivity index (χ0) is 19.2. The van der Waals surface area contributed by atoms with Gasteiger partial charge < -0.3 is 16.0 Å². The first-order chi connectivity index (χ1) is 13.0. The van der Waals surface area contributed by atoms with Crippen molar-refractivity contribution in [2.24, 2.45) is 0 Å². The van der Waals surface area contributed by atoms with E-state index in [1.165, 1.54) is 0 Å². The van der Waals surface area contributed by atoms with Crippen LogP contribution >= 0.6 is 0 Å². The normalized spacial score (nSPS) is 10.1. The van der Waals surface area contributed by atoms with Gasteiger partial charge in [0, 0.05) is 22.6 Å². The monoisotopic (exact) mass is 359 g/mol. The Morgan fingerprint density at radius 1 is 0.630 bits per heavy atom. The molecule has 3 rings (SSSR count). The molecular weight excluding hydrogens is 338 g/mol. The molecule has 0 saturated carbocycles. The number of hydrogen-bond donors (Lipinski definition) is 3. The SMILES string of the molecule is Cc1cccc(C(=O)Nc2ccc(NC(=O)Nc3ccccc3)cc2)c1C. The zero-order valence-corrected chi connectivity index (χ0v) is 15.2. The zero-order valence-electron chi connectivity index (χ0n) is 15.2. The van der Waals surface area contributed by atoms with Gasteiger partial charge in [-0.05, 0) is 67.4 Å². The fourth-order valence-electron chi connectivity index (χ4n) is 2.65. The van der Waals surface area contributed by atoms with Crippen LogP contribution in [0.15, 0.2) is 72.8 Å². The van der Waals surface area contributed by atoms with E-state index in [2.05, 4.69) is 16.0 Å². The fourth-order valence-corrected chi connectivity index (χ4v) is 2.65. The van der Waals surface area contributed by atoms with Gasteiger partial charge in [0.2, 0.25) is 0 Å². The molecule has 27 heavy (non-hydrogen) atoms. The van der Waals surface area contributed by atoms with E-state index in [1.54, 1.807) is 24.3 Å². The Morgan fingerprint density at radius 3 is 1.81 bits per heavy atom. The third-order valence-electron chi connectivity index (χ3n) is 4.28. The molecule has 0 aromatic heterocycles. The number of rotatable bonds is 4. The summed E-state index contributed by atoms with van der Waals surface area (Å²) in [4.78, 5) is 24.5. The number of carbonyl (C=O) groups excluding carboxylic acids is 2. The molecular formula is C22H21N3O2. The predicted molar refractivity (Wildman–Crippen MR) is 109 cm³/mol. The van der Waals surface area contributed by atoms with E-state index in [0.29, 0.717) is 22.6 Å². The van der Waals surface area contributed by atoms with Gasteiger partial charge in [0.05, 0.1) is 0 Å². The van der Waals surface area contributed by atoms with Crippen molar-refractivity contribution in [2.75, 3.05) is 16.0 Å². The fraction of sp³-hybridized carbons (Fsp3) is 0.0909. The van der Waals surface area contributed by atoms with Gasteiger partial charge in [0.1, 0.15) is 0 Å². The second-order valence-corrected chi connectivity index (χ2v) is 6.22. The number of nitrogens with one attached hydrogen (secondary N) is 3. The van der Waals surface area contributed by atoms with E-state index in [9.17, 15) is 9.59 Å². The molecule has 3 aromatic rings. The average Bonchev–Trinajstić information content (AvgIpc) is 2.66. The summed E-state index contributed by atoms with van der Waals surface area (Å²) in [6, 6.07) is 21.5. The number of urea groups is 1. The first-order valence-electron chi connectivity index (χ1n) is 8.63. The van der Waals surface area contributed by atoms with Crippen LogP contribution in [0.3, 0.4) is 0 Å². The van der Waals surface area contributed by atoms with Gasteiger partial charge in [-0.25, -0.2) is 4.79 Å². The van der Waals surface area contributed by atoms with Crippen LogP contribution in [0.1, 0.15) is 21.5 Å². The molecule has 0 heterocycles. The highest BCUT2D eigenvalue weighted by molar-refractivity contribution is 6.05. The standard InChI is InChI=1S/C22H21N3O2/c1-15-7-6-10-20(16(15)2)21(26)23-18-11-13-19(14-12-18)25-22(27)24-17-8-4-3-5-9-17/h3-14H,1-2H3,(H,23,26)(H2,24,25,27). The first-order valence-corrected chi connectivity index (χ1v) is 8.63. The summed E-state index contributed by atoms with van der Waals surface area (Å²) in [6.07, 6.45) is 0. The smallest absolute Gasteiger partial charge is 0.322 e. The number of hydrogen-bond acceptors (Lipinski definition) is 2. The van der Waals surface area contributed by atoms with Gasteiger partial charge in [-0.15, -0.1) is 0 Å². The molecule has 3 amide bonds. The number of para-hydroxylation sites is 1. The summed E-state index contributed by atoms with van der Waals surface area (Å²) < 4.78 is 0. The molecule has 0 aliphatic carbocycles. The summed E-state index contributed by atoms with van der Waals surface area (Å²) in [5.41, 5.74) is 4.70. The van der Waals surface area contributed by atoms with Crippen molar-refractivity contribution in [1.29, 1.82) is 0 Å². The van der Waals surface area contributed by atoms with Gasteiger partial charge in [-0.1, -0.05) is 30.3 Å². The van der Waals surface area contributed by atoms with Crippen LogP contribution in [0.2, 0.25) is 0 Å². The van der Waals surface area contributed by atoms with Crippen molar-refractivity contribution >= 4 is 29.0 Å². The van der Waals surface area contributed by atoms with Gasteiger partial charge in [0.25, 0.3) is 5.91 Å². The molecule has 0 aliphatic heterocycles. The van der Waals surface area contributed by atoms with Crippen LogP contribution < -0.4 is 16.0 Å². The quantitative estimate of drug-likeness (QED) is 0.599. The summed E-state index contributed by atoms with van der Waals surface area (Å²) in [7, 11) is 0. The van der Waals surface area contributed by atoms with Gasteiger partial charge in [-0.3, -0.25) is 4.79 Å². The van der Waals surface area contributed by atoms with Gasteiger partial charge in [-0.2, -0.15) is 0 Å². The van der Waals surface area contributed by atoms with Crippen LogP contribution in [-0.2, 0) is 0 Å². The Labute approximate surface area is 158 Å². The van der Waals surface area contributed by atoms with E-state index in [0.717, 1.165) is 11.1 Å². The largest absolute Gasteiger partial charge is 0.323 e.